The van der Waals surface area contributed by atoms with Crippen molar-refractivity contribution in [2.24, 2.45) is 5.73 Å². The lowest BCUT2D eigenvalue weighted by Gasteiger charge is -2.01. The van der Waals surface area contributed by atoms with E-state index in [-0.39, 0.29) is 0 Å². The van der Waals surface area contributed by atoms with Gasteiger partial charge in [-0.2, -0.15) is 0 Å². The Labute approximate surface area is 126 Å². The Kier molecular flexibility index (Phi) is 3.89. The first kappa shape index (κ1) is 13.7. The molecule has 3 rings (SSSR count). The molecule has 2 N–H and O–H groups in total. The number of nitrogens with two attached hydrogens (primary N) is 1. The maximum atomic E-state index is 5.68. The van der Waals surface area contributed by atoms with Gasteiger partial charge in [0.2, 0.25) is 5.88 Å². The van der Waals surface area contributed by atoms with Crippen molar-refractivity contribution >= 4 is 11.3 Å². The Balaban J connectivity index is 1.95. The predicted molar refractivity (Wildman–Crippen MR) is 83.0 cm³/mol. The van der Waals surface area contributed by atoms with Gasteiger partial charge in [0.15, 0.2) is 0 Å². The summed E-state index contributed by atoms with van der Waals surface area (Å²) in [6.07, 6.45) is 1.48. The van der Waals surface area contributed by atoms with Gasteiger partial charge in [-0.05, 0) is 11.6 Å². The van der Waals surface area contributed by atoms with Gasteiger partial charge in [0.1, 0.15) is 17.0 Å². The molecule has 3 aromatic rings. The molecular weight excluding hydrogens is 284 g/mol. The summed E-state index contributed by atoms with van der Waals surface area (Å²) in [6.45, 7) is 0.522. The minimum absolute atomic E-state index is 0.522. The van der Waals surface area contributed by atoms with Gasteiger partial charge in [0.05, 0.1) is 12.8 Å². The first-order valence-electron chi connectivity index (χ1n) is 6.41. The van der Waals surface area contributed by atoms with E-state index in [0.29, 0.717) is 12.4 Å². The molecule has 0 atom stereocenters. The number of ether oxygens (including phenoxy) is 1. The molecule has 0 aliphatic heterocycles. The van der Waals surface area contributed by atoms with Crippen LogP contribution in [0.25, 0.3) is 22.0 Å². The van der Waals surface area contributed by atoms with Crippen LogP contribution in [0.1, 0.15) is 5.56 Å². The van der Waals surface area contributed by atoms with Crippen LogP contribution in [-0.2, 0) is 6.54 Å². The van der Waals surface area contributed by atoms with Crippen LogP contribution in [0.5, 0.6) is 5.88 Å². The molecule has 21 heavy (non-hydrogen) atoms. The second-order valence-electron chi connectivity index (χ2n) is 4.39. The van der Waals surface area contributed by atoms with Crippen LogP contribution < -0.4 is 10.5 Å². The maximum Gasteiger partial charge on any atom is 0.216 e. The average Bonchev–Trinajstić information content (AvgIpc) is 3.05. The Morgan fingerprint density at radius 1 is 1.19 bits per heavy atom. The second kappa shape index (κ2) is 5.99. The zero-order valence-electron chi connectivity index (χ0n) is 11.5. The Morgan fingerprint density at radius 2 is 2.10 bits per heavy atom. The van der Waals surface area contributed by atoms with Crippen LogP contribution in [0, 0.1) is 0 Å². The van der Waals surface area contributed by atoms with Crippen molar-refractivity contribution in [2.75, 3.05) is 7.11 Å². The number of hydrogen-bond donors (Lipinski definition) is 1. The first-order chi connectivity index (χ1) is 10.3. The van der Waals surface area contributed by atoms with Crippen LogP contribution in [-0.4, -0.2) is 22.1 Å². The number of rotatable bonds is 4. The summed E-state index contributed by atoms with van der Waals surface area (Å²) in [5, 5.41) is 2.85. The summed E-state index contributed by atoms with van der Waals surface area (Å²) in [5.41, 5.74) is 9.50. The van der Waals surface area contributed by atoms with Crippen molar-refractivity contribution < 1.29 is 4.74 Å². The molecule has 5 nitrogen and oxygen atoms in total. The summed E-state index contributed by atoms with van der Waals surface area (Å²) in [6, 6.07) is 9.85. The Bertz CT molecular complexity index is 695. The van der Waals surface area contributed by atoms with E-state index < -0.39 is 0 Å². The summed E-state index contributed by atoms with van der Waals surface area (Å²) in [5.74, 6) is 0.530. The van der Waals surface area contributed by atoms with E-state index in [9.17, 15) is 0 Å². The molecule has 0 aliphatic rings. The Morgan fingerprint density at radius 3 is 2.90 bits per heavy atom. The fourth-order valence-electron chi connectivity index (χ4n) is 1.95. The summed E-state index contributed by atoms with van der Waals surface area (Å²) < 4.78 is 5.11. The van der Waals surface area contributed by atoms with Crippen molar-refractivity contribution in [3.05, 3.63) is 47.6 Å². The maximum absolute atomic E-state index is 5.68. The fourth-order valence-corrected chi connectivity index (χ4v) is 2.75. The molecular formula is C15H14N4OS. The van der Waals surface area contributed by atoms with Gasteiger partial charge in [-0.3, -0.25) is 0 Å². The van der Waals surface area contributed by atoms with Gasteiger partial charge in [-0.15, -0.1) is 11.3 Å². The summed E-state index contributed by atoms with van der Waals surface area (Å²) in [4.78, 5) is 12.9. The minimum atomic E-state index is 0.522. The monoisotopic (exact) mass is 298 g/mol. The fraction of sp³-hybridized carbons (Fsp3) is 0.133. The average molecular weight is 298 g/mol. The second-order valence-corrected chi connectivity index (χ2v) is 5.25. The Hall–Kier alpha value is -2.31. The minimum Gasteiger partial charge on any atom is -0.481 e. The lowest BCUT2D eigenvalue weighted by Crippen LogP contribution is -1.95. The highest BCUT2D eigenvalue weighted by atomic mass is 32.1. The van der Waals surface area contributed by atoms with E-state index in [2.05, 4.69) is 21.0 Å². The zero-order valence-corrected chi connectivity index (χ0v) is 12.3. The predicted octanol–water partition coefficient (Wildman–Crippen LogP) is 2.73. The third-order valence-electron chi connectivity index (χ3n) is 3.03. The number of nitrogens with zero attached hydrogens (tertiary/aromatic N) is 3. The largest absolute Gasteiger partial charge is 0.481 e. The van der Waals surface area contributed by atoms with Crippen LogP contribution in [0.3, 0.4) is 0 Å². The van der Waals surface area contributed by atoms with E-state index in [4.69, 9.17) is 10.5 Å². The lowest BCUT2D eigenvalue weighted by molar-refractivity contribution is 0.397. The number of benzene rings is 1. The van der Waals surface area contributed by atoms with Crippen molar-refractivity contribution in [1.29, 1.82) is 0 Å². The molecule has 1 aromatic carbocycles. The quantitative estimate of drug-likeness (QED) is 0.801. The molecule has 6 heteroatoms. The first-order valence-corrected chi connectivity index (χ1v) is 7.29. The van der Waals surface area contributed by atoms with Gasteiger partial charge < -0.3 is 10.5 Å². The third-order valence-corrected chi connectivity index (χ3v) is 3.90. The van der Waals surface area contributed by atoms with Crippen LogP contribution >= 0.6 is 11.3 Å². The summed E-state index contributed by atoms with van der Waals surface area (Å²) in [7, 11) is 1.58. The highest BCUT2D eigenvalue weighted by Crippen LogP contribution is 2.29. The van der Waals surface area contributed by atoms with Crippen LogP contribution in [0.4, 0.5) is 0 Å². The number of methoxy groups -OCH3 is 1. The smallest absolute Gasteiger partial charge is 0.216 e. The molecule has 0 saturated heterocycles. The molecule has 0 saturated carbocycles. The van der Waals surface area contributed by atoms with Crippen molar-refractivity contribution in [3.8, 4) is 27.8 Å². The molecule has 0 bridgehead atoms. The van der Waals surface area contributed by atoms with Gasteiger partial charge in [0, 0.05) is 23.6 Å². The van der Waals surface area contributed by atoms with Gasteiger partial charge in [-0.25, -0.2) is 15.0 Å². The molecule has 2 heterocycles. The van der Waals surface area contributed by atoms with Gasteiger partial charge in [0.25, 0.3) is 0 Å². The van der Waals surface area contributed by atoms with E-state index in [1.807, 2.05) is 23.6 Å². The molecule has 2 aromatic heterocycles. The highest BCUT2D eigenvalue weighted by molar-refractivity contribution is 7.13. The molecule has 0 unspecified atom stereocenters. The van der Waals surface area contributed by atoms with E-state index in [0.717, 1.165) is 27.5 Å². The lowest BCUT2D eigenvalue weighted by atomic mass is 10.1. The van der Waals surface area contributed by atoms with Crippen molar-refractivity contribution in [1.82, 2.24) is 15.0 Å². The number of thiazole rings is 1. The van der Waals surface area contributed by atoms with Crippen LogP contribution in [0.2, 0.25) is 0 Å². The van der Waals surface area contributed by atoms with E-state index in [1.54, 1.807) is 24.5 Å². The standard InChI is InChI=1S/C15H14N4OS/c1-20-14-6-12(17-9-18-14)15-19-13(8-21-15)11-4-2-3-10(5-11)7-16/h2-6,8-9H,7,16H2,1H3. The van der Waals surface area contributed by atoms with E-state index >= 15 is 0 Å². The van der Waals surface area contributed by atoms with E-state index in [1.165, 1.54) is 6.33 Å². The molecule has 0 aliphatic carbocycles. The normalized spacial score (nSPS) is 10.6. The van der Waals surface area contributed by atoms with Crippen molar-refractivity contribution in [3.63, 3.8) is 0 Å². The molecule has 106 valence electrons. The third kappa shape index (κ3) is 2.91. The van der Waals surface area contributed by atoms with Gasteiger partial charge in [-0.1, -0.05) is 18.2 Å². The number of hydrogen-bond acceptors (Lipinski definition) is 6. The zero-order chi connectivity index (χ0) is 14.7. The van der Waals surface area contributed by atoms with Crippen molar-refractivity contribution in [2.45, 2.75) is 6.54 Å². The molecule has 0 fully saturated rings. The highest BCUT2D eigenvalue weighted by Gasteiger charge is 2.09. The van der Waals surface area contributed by atoms with Crippen LogP contribution in [0.15, 0.2) is 42.0 Å². The summed E-state index contributed by atoms with van der Waals surface area (Å²) >= 11 is 1.54. The molecule has 0 radical (unpaired) electrons. The van der Waals surface area contributed by atoms with Gasteiger partial charge >= 0.3 is 0 Å². The SMILES string of the molecule is COc1cc(-c2nc(-c3cccc(CN)c3)cs2)ncn1. The number of aromatic nitrogens is 3. The topological polar surface area (TPSA) is 73.9 Å². The molecule has 0 spiro atoms. The molecule has 0 amide bonds.